The van der Waals surface area contributed by atoms with Gasteiger partial charge in [-0.2, -0.15) is 0 Å². The summed E-state index contributed by atoms with van der Waals surface area (Å²) in [6.45, 7) is 3.81. The van der Waals surface area contributed by atoms with Gasteiger partial charge in [-0.1, -0.05) is 0 Å². The molecule has 8 nitrogen and oxygen atoms in total. The molecular weight excluding hydrogens is 284 g/mol. The molecule has 0 bridgehead atoms. The molecule has 20 heavy (non-hydrogen) atoms. The molecule has 1 aromatic rings. The lowest BCUT2D eigenvalue weighted by Crippen LogP contribution is -2.34. The Morgan fingerprint density at radius 3 is 2.65 bits per heavy atom. The Morgan fingerprint density at radius 1 is 1.40 bits per heavy atom. The standard InChI is InChI=1S/C11H16N4O4S/c1-3-18-8(16)5-13-11(20)15-6-7(9(12)14-15)10(17)19-4-2/h6H,3-5H2,1-2H3,(H2,12,14)(H,13,20). The number of nitrogens with one attached hydrogen (secondary N) is 1. The maximum atomic E-state index is 11.6. The summed E-state index contributed by atoms with van der Waals surface area (Å²) in [7, 11) is 0. The van der Waals surface area contributed by atoms with E-state index < -0.39 is 11.9 Å². The Bertz CT molecular complexity index is 515. The van der Waals surface area contributed by atoms with E-state index in [1.54, 1.807) is 13.8 Å². The summed E-state index contributed by atoms with van der Waals surface area (Å²) in [5, 5.41) is 6.65. The van der Waals surface area contributed by atoms with Crippen molar-refractivity contribution in [2.24, 2.45) is 0 Å². The lowest BCUT2D eigenvalue weighted by atomic mass is 10.3. The molecule has 0 saturated heterocycles. The van der Waals surface area contributed by atoms with Gasteiger partial charge in [0.2, 0.25) is 0 Å². The van der Waals surface area contributed by atoms with Crippen molar-refractivity contribution < 1.29 is 19.1 Å². The zero-order chi connectivity index (χ0) is 15.1. The second-order valence-electron chi connectivity index (χ2n) is 3.56. The molecule has 0 radical (unpaired) electrons. The van der Waals surface area contributed by atoms with Gasteiger partial charge < -0.3 is 20.5 Å². The Kier molecular flexibility index (Phi) is 5.91. The van der Waals surface area contributed by atoms with Gasteiger partial charge >= 0.3 is 11.9 Å². The predicted octanol–water partition coefficient (Wildman–Crippen LogP) is -0.0723. The Hall–Kier alpha value is -2.16. The lowest BCUT2D eigenvalue weighted by molar-refractivity contribution is -0.141. The Labute approximate surface area is 121 Å². The number of esters is 2. The number of nitrogens with two attached hydrogens (primary N) is 1. The SMILES string of the molecule is CCOC(=O)CNC(=S)n1cc(C(=O)OCC)c(N)n1. The molecule has 0 atom stereocenters. The first-order chi connectivity index (χ1) is 9.49. The van der Waals surface area contributed by atoms with E-state index in [4.69, 9.17) is 27.4 Å². The third-order valence-corrected chi connectivity index (χ3v) is 2.47. The molecule has 3 N–H and O–H groups in total. The zero-order valence-corrected chi connectivity index (χ0v) is 12.0. The fraction of sp³-hybridized carbons (Fsp3) is 0.455. The van der Waals surface area contributed by atoms with Crippen molar-refractivity contribution in [3.8, 4) is 0 Å². The fourth-order valence-corrected chi connectivity index (χ4v) is 1.46. The number of nitrogen functional groups attached to an aromatic ring is 1. The van der Waals surface area contributed by atoms with Crippen LogP contribution in [0.3, 0.4) is 0 Å². The second kappa shape index (κ2) is 7.43. The van der Waals surface area contributed by atoms with Crippen LogP contribution in [0.4, 0.5) is 5.82 Å². The van der Waals surface area contributed by atoms with Crippen LogP contribution in [0.5, 0.6) is 0 Å². The minimum absolute atomic E-state index is 0.00346. The number of aromatic nitrogens is 2. The fourth-order valence-electron chi connectivity index (χ4n) is 1.30. The molecule has 1 aromatic heterocycles. The summed E-state index contributed by atoms with van der Waals surface area (Å²) in [5.74, 6) is -1.02. The van der Waals surface area contributed by atoms with Crippen molar-refractivity contribution in [3.63, 3.8) is 0 Å². The second-order valence-corrected chi connectivity index (χ2v) is 3.94. The molecule has 0 aliphatic carbocycles. The van der Waals surface area contributed by atoms with E-state index in [1.807, 2.05) is 0 Å². The summed E-state index contributed by atoms with van der Waals surface area (Å²) in [4.78, 5) is 22.7. The first-order valence-corrected chi connectivity index (χ1v) is 6.36. The molecule has 110 valence electrons. The first kappa shape index (κ1) is 15.9. The number of rotatable bonds is 5. The number of nitrogens with zero attached hydrogens (tertiary/aromatic N) is 2. The van der Waals surface area contributed by atoms with Crippen LogP contribution in [0.15, 0.2) is 6.20 Å². The third kappa shape index (κ3) is 4.19. The van der Waals surface area contributed by atoms with E-state index >= 15 is 0 Å². The number of carbonyl (C=O) groups is 2. The van der Waals surface area contributed by atoms with Crippen LogP contribution in [-0.2, 0) is 14.3 Å². The molecule has 0 unspecified atom stereocenters. The number of hydrogen-bond acceptors (Lipinski definition) is 7. The van der Waals surface area contributed by atoms with E-state index in [0.29, 0.717) is 0 Å². The molecule has 1 heterocycles. The van der Waals surface area contributed by atoms with Gasteiger partial charge in [0, 0.05) is 0 Å². The molecule has 0 aliphatic rings. The predicted molar refractivity (Wildman–Crippen MR) is 75.2 cm³/mol. The van der Waals surface area contributed by atoms with Gasteiger partial charge in [0.1, 0.15) is 12.1 Å². The Balaban J connectivity index is 2.68. The highest BCUT2D eigenvalue weighted by Crippen LogP contribution is 2.10. The van der Waals surface area contributed by atoms with Crippen LogP contribution in [0.2, 0.25) is 0 Å². The van der Waals surface area contributed by atoms with Crippen molar-refractivity contribution in [1.82, 2.24) is 15.1 Å². The molecule has 0 saturated carbocycles. The minimum Gasteiger partial charge on any atom is -0.465 e. The van der Waals surface area contributed by atoms with Gasteiger partial charge in [-0.05, 0) is 26.1 Å². The highest BCUT2D eigenvalue weighted by molar-refractivity contribution is 7.80. The smallest absolute Gasteiger partial charge is 0.343 e. The first-order valence-electron chi connectivity index (χ1n) is 5.95. The third-order valence-electron chi connectivity index (χ3n) is 2.14. The van der Waals surface area contributed by atoms with Crippen molar-refractivity contribution in [2.75, 3.05) is 25.5 Å². The molecule has 0 aliphatic heterocycles. The molecular formula is C11H16N4O4S. The molecule has 1 rings (SSSR count). The van der Waals surface area contributed by atoms with E-state index in [1.165, 1.54) is 10.9 Å². The van der Waals surface area contributed by atoms with Gasteiger partial charge in [0.25, 0.3) is 0 Å². The number of anilines is 1. The maximum Gasteiger partial charge on any atom is 0.343 e. The molecule has 0 amide bonds. The Morgan fingerprint density at radius 2 is 2.05 bits per heavy atom. The highest BCUT2D eigenvalue weighted by atomic mass is 32.1. The lowest BCUT2D eigenvalue weighted by Gasteiger charge is -2.06. The average Bonchev–Trinajstić information content (AvgIpc) is 2.79. The van der Waals surface area contributed by atoms with Crippen molar-refractivity contribution in [2.45, 2.75) is 13.8 Å². The van der Waals surface area contributed by atoms with Gasteiger partial charge in [-0.15, -0.1) is 5.10 Å². The average molecular weight is 300 g/mol. The minimum atomic E-state index is -0.579. The molecule has 0 spiro atoms. The topological polar surface area (TPSA) is 108 Å². The number of thiocarbonyl (C=S) groups is 1. The van der Waals surface area contributed by atoms with Crippen molar-refractivity contribution in [1.29, 1.82) is 0 Å². The summed E-state index contributed by atoms with van der Waals surface area (Å²) in [5.41, 5.74) is 5.72. The van der Waals surface area contributed by atoms with E-state index in [-0.39, 0.29) is 36.3 Å². The van der Waals surface area contributed by atoms with E-state index in [2.05, 4.69) is 10.4 Å². The van der Waals surface area contributed by atoms with Crippen LogP contribution >= 0.6 is 12.2 Å². The normalized spacial score (nSPS) is 9.90. The molecule has 9 heteroatoms. The van der Waals surface area contributed by atoms with Crippen LogP contribution in [0.25, 0.3) is 0 Å². The summed E-state index contributed by atoms with van der Waals surface area (Å²) >= 11 is 5.02. The van der Waals surface area contributed by atoms with E-state index in [0.717, 1.165) is 0 Å². The molecule has 0 fully saturated rings. The summed E-state index contributed by atoms with van der Waals surface area (Å²) in [6.07, 6.45) is 1.34. The maximum absolute atomic E-state index is 11.6. The zero-order valence-electron chi connectivity index (χ0n) is 11.2. The van der Waals surface area contributed by atoms with Crippen molar-refractivity contribution >= 4 is 35.1 Å². The number of ether oxygens (including phenoxy) is 2. The van der Waals surface area contributed by atoms with Gasteiger partial charge in [-0.3, -0.25) is 4.79 Å². The van der Waals surface area contributed by atoms with Crippen LogP contribution in [-0.4, -0.2) is 46.6 Å². The summed E-state index contributed by atoms with van der Waals surface area (Å²) < 4.78 is 10.8. The van der Waals surface area contributed by atoms with Gasteiger partial charge in [-0.25, -0.2) is 9.48 Å². The summed E-state index contributed by atoms with van der Waals surface area (Å²) in [6, 6.07) is 0. The number of carbonyl (C=O) groups excluding carboxylic acids is 2. The van der Waals surface area contributed by atoms with E-state index in [9.17, 15) is 9.59 Å². The monoisotopic (exact) mass is 300 g/mol. The van der Waals surface area contributed by atoms with Gasteiger partial charge in [0.05, 0.1) is 19.4 Å². The quantitative estimate of drug-likeness (QED) is 0.574. The van der Waals surface area contributed by atoms with Crippen molar-refractivity contribution in [3.05, 3.63) is 11.8 Å². The van der Waals surface area contributed by atoms with Crippen LogP contribution < -0.4 is 11.1 Å². The van der Waals surface area contributed by atoms with Crippen LogP contribution in [0.1, 0.15) is 24.2 Å². The number of hydrogen-bond donors (Lipinski definition) is 2. The van der Waals surface area contributed by atoms with Crippen LogP contribution in [0, 0.1) is 0 Å². The highest BCUT2D eigenvalue weighted by Gasteiger charge is 2.17. The largest absolute Gasteiger partial charge is 0.465 e. The van der Waals surface area contributed by atoms with Gasteiger partial charge in [0.15, 0.2) is 10.9 Å². The molecule has 0 aromatic carbocycles.